The normalized spacial score (nSPS) is 11.0. The lowest BCUT2D eigenvalue weighted by Gasteiger charge is -2.11. The van der Waals surface area contributed by atoms with Crippen molar-refractivity contribution in [3.05, 3.63) is 101 Å². The van der Waals surface area contributed by atoms with Gasteiger partial charge in [0.25, 0.3) is 0 Å². The molecule has 0 aliphatic carbocycles. The number of fused-ring (bicyclic) bond motifs is 1. The summed E-state index contributed by atoms with van der Waals surface area (Å²) in [6.07, 6.45) is 3.27. The van der Waals surface area contributed by atoms with Crippen molar-refractivity contribution in [2.45, 2.75) is 13.2 Å². The molecule has 0 atom stereocenters. The van der Waals surface area contributed by atoms with Gasteiger partial charge in [0.1, 0.15) is 30.0 Å². The van der Waals surface area contributed by atoms with Crippen LogP contribution in [0.2, 0.25) is 5.02 Å². The highest BCUT2D eigenvalue weighted by atomic mass is 35.5. The molecule has 2 heterocycles. The first-order valence-corrected chi connectivity index (χ1v) is 10.8. The van der Waals surface area contributed by atoms with Crippen LogP contribution in [0.5, 0.6) is 5.75 Å². The molecule has 34 heavy (non-hydrogen) atoms. The maximum absolute atomic E-state index is 13.4. The standard InChI is InChI=1S/C25H19ClFN5O2/c26-21-11-19(6-9-23(21)34-14-17-2-1-3-18(27)10-17)30-25-24-22(28-15-29-25)12-32(31-24)20-7-4-16(13-33)5-8-20/h1-12,15,33H,13-14H2,(H,28,29,30). The van der Waals surface area contributed by atoms with Gasteiger partial charge >= 0.3 is 0 Å². The molecule has 5 rings (SSSR count). The molecule has 2 N–H and O–H groups in total. The highest BCUT2D eigenvalue weighted by molar-refractivity contribution is 6.32. The molecule has 5 aromatic rings. The lowest BCUT2D eigenvalue weighted by atomic mass is 10.2. The summed E-state index contributed by atoms with van der Waals surface area (Å²) >= 11 is 6.41. The van der Waals surface area contributed by atoms with Gasteiger partial charge in [-0.1, -0.05) is 35.9 Å². The Morgan fingerprint density at radius 2 is 1.85 bits per heavy atom. The third-order valence-electron chi connectivity index (χ3n) is 5.16. The first-order chi connectivity index (χ1) is 16.6. The average Bonchev–Trinajstić information content (AvgIpc) is 3.29. The van der Waals surface area contributed by atoms with E-state index in [0.717, 1.165) is 11.3 Å². The SMILES string of the molecule is OCc1ccc(-n2cc3ncnc(Nc4ccc(OCc5cccc(F)c5)c(Cl)c4)c3n2)cc1. The second-order valence-electron chi connectivity index (χ2n) is 7.54. The summed E-state index contributed by atoms with van der Waals surface area (Å²) in [5.41, 5.74) is 4.33. The summed E-state index contributed by atoms with van der Waals surface area (Å²) < 4.78 is 20.8. The van der Waals surface area contributed by atoms with Crippen LogP contribution in [0.15, 0.2) is 79.3 Å². The fourth-order valence-corrected chi connectivity index (χ4v) is 3.67. The van der Waals surface area contributed by atoms with E-state index in [4.69, 9.17) is 16.3 Å². The summed E-state index contributed by atoms with van der Waals surface area (Å²) in [5.74, 6) is 0.702. The Kier molecular flexibility index (Phi) is 6.07. The minimum absolute atomic E-state index is 0.0158. The quantitative estimate of drug-likeness (QED) is 0.327. The first-order valence-electron chi connectivity index (χ1n) is 10.4. The third-order valence-corrected chi connectivity index (χ3v) is 5.46. The van der Waals surface area contributed by atoms with Crippen LogP contribution in [-0.4, -0.2) is 24.9 Å². The summed E-state index contributed by atoms with van der Waals surface area (Å²) in [7, 11) is 0. The predicted octanol–water partition coefficient (Wildman–Crippen LogP) is 5.42. The number of rotatable bonds is 7. The maximum Gasteiger partial charge on any atom is 0.162 e. The second-order valence-corrected chi connectivity index (χ2v) is 7.95. The highest BCUT2D eigenvalue weighted by Gasteiger charge is 2.12. The van der Waals surface area contributed by atoms with Crippen molar-refractivity contribution in [1.82, 2.24) is 19.7 Å². The predicted molar refractivity (Wildman–Crippen MR) is 128 cm³/mol. The molecule has 0 bridgehead atoms. The van der Waals surface area contributed by atoms with E-state index in [1.807, 2.05) is 36.5 Å². The number of nitrogens with zero attached hydrogens (tertiary/aromatic N) is 4. The minimum atomic E-state index is -0.312. The molecule has 170 valence electrons. The Labute approximate surface area is 199 Å². The van der Waals surface area contributed by atoms with Gasteiger partial charge in [-0.15, -0.1) is 0 Å². The van der Waals surface area contributed by atoms with Gasteiger partial charge in [-0.2, -0.15) is 5.10 Å². The topological polar surface area (TPSA) is 85.1 Å². The van der Waals surface area contributed by atoms with Crippen molar-refractivity contribution in [3.63, 3.8) is 0 Å². The van der Waals surface area contributed by atoms with Gasteiger partial charge in [-0.3, -0.25) is 0 Å². The lowest BCUT2D eigenvalue weighted by Crippen LogP contribution is -1.99. The molecule has 0 aliphatic heterocycles. The molecule has 0 amide bonds. The molecule has 0 spiro atoms. The first kappa shape index (κ1) is 21.8. The number of aliphatic hydroxyl groups is 1. The Bertz CT molecular complexity index is 1460. The molecule has 7 nitrogen and oxygen atoms in total. The summed E-state index contributed by atoms with van der Waals surface area (Å²) in [5, 5.41) is 17.5. The lowest BCUT2D eigenvalue weighted by molar-refractivity contribution is 0.282. The molecular formula is C25H19ClFN5O2. The smallest absolute Gasteiger partial charge is 0.162 e. The molecular weight excluding hydrogens is 457 g/mol. The monoisotopic (exact) mass is 475 g/mol. The fraction of sp³-hybridized carbons (Fsp3) is 0.0800. The average molecular weight is 476 g/mol. The van der Waals surface area contributed by atoms with E-state index in [9.17, 15) is 9.50 Å². The number of benzene rings is 3. The van der Waals surface area contributed by atoms with Crippen molar-refractivity contribution < 1.29 is 14.2 Å². The van der Waals surface area contributed by atoms with Crippen LogP contribution in [0.3, 0.4) is 0 Å². The number of nitrogens with one attached hydrogen (secondary N) is 1. The van der Waals surface area contributed by atoms with Crippen LogP contribution < -0.4 is 10.1 Å². The van der Waals surface area contributed by atoms with E-state index in [-0.39, 0.29) is 19.0 Å². The van der Waals surface area contributed by atoms with E-state index in [1.165, 1.54) is 18.5 Å². The van der Waals surface area contributed by atoms with Crippen LogP contribution in [0.4, 0.5) is 15.9 Å². The number of aliphatic hydroxyl groups excluding tert-OH is 1. The van der Waals surface area contributed by atoms with Crippen molar-refractivity contribution in [1.29, 1.82) is 0 Å². The Morgan fingerprint density at radius 1 is 1.00 bits per heavy atom. The zero-order chi connectivity index (χ0) is 23.5. The van der Waals surface area contributed by atoms with E-state index in [0.29, 0.717) is 38.9 Å². The number of ether oxygens (including phenoxy) is 1. The van der Waals surface area contributed by atoms with Crippen molar-refractivity contribution in [2.24, 2.45) is 0 Å². The van der Waals surface area contributed by atoms with Gasteiger partial charge < -0.3 is 15.2 Å². The van der Waals surface area contributed by atoms with Gasteiger partial charge in [0.15, 0.2) is 11.3 Å². The van der Waals surface area contributed by atoms with Crippen LogP contribution in [0, 0.1) is 5.82 Å². The van der Waals surface area contributed by atoms with E-state index >= 15 is 0 Å². The number of aromatic nitrogens is 4. The third kappa shape index (κ3) is 4.68. The highest BCUT2D eigenvalue weighted by Crippen LogP contribution is 2.31. The largest absolute Gasteiger partial charge is 0.487 e. The molecule has 0 aliphatic rings. The molecule has 0 saturated heterocycles. The fourth-order valence-electron chi connectivity index (χ4n) is 3.44. The Morgan fingerprint density at radius 3 is 2.62 bits per heavy atom. The van der Waals surface area contributed by atoms with Gasteiger partial charge in [-0.05, 0) is 53.6 Å². The van der Waals surface area contributed by atoms with Crippen LogP contribution in [0.1, 0.15) is 11.1 Å². The van der Waals surface area contributed by atoms with Crippen molar-refractivity contribution in [2.75, 3.05) is 5.32 Å². The zero-order valence-electron chi connectivity index (χ0n) is 17.8. The summed E-state index contributed by atoms with van der Waals surface area (Å²) in [6.45, 7) is 0.186. The van der Waals surface area contributed by atoms with E-state index in [2.05, 4.69) is 20.4 Å². The number of anilines is 2. The molecule has 0 unspecified atom stereocenters. The maximum atomic E-state index is 13.4. The molecule has 0 fully saturated rings. The number of hydrogen-bond acceptors (Lipinski definition) is 6. The summed E-state index contributed by atoms with van der Waals surface area (Å²) in [4.78, 5) is 8.64. The van der Waals surface area contributed by atoms with Crippen LogP contribution >= 0.6 is 11.6 Å². The second kappa shape index (κ2) is 9.46. The van der Waals surface area contributed by atoms with Crippen molar-refractivity contribution in [3.8, 4) is 11.4 Å². The van der Waals surface area contributed by atoms with Crippen molar-refractivity contribution >= 4 is 34.1 Å². The molecule has 2 aromatic heterocycles. The number of hydrogen-bond donors (Lipinski definition) is 2. The summed E-state index contributed by atoms with van der Waals surface area (Å²) in [6, 6.07) is 18.9. The van der Waals surface area contributed by atoms with Crippen LogP contribution in [-0.2, 0) is 13.2 Å². The molecule has 0 radical (unpaired) electrons. The molecule has 9 heteroatoms. The van der Waals surface area contributed by atoms with Gasteiger partial charge in [-0.25, -0.2) is 19.0 Å². The molecule has 0 saturated carbocycles. The Balaban J connectivity index is 1.35. The Hall–Kier alpha value is -4.01. The van der Waals surface area contributed by atoms with E-state index < -0.39 is 0 Å². The van der Waals surface area contributed by atoms with Gasteiger partial charge in [0.2, 0.25) is 0 Å². The van der Waals surface area contributed by atoms with Crippen LogP contribution in [0.25, 0.3) is 16.7 Å². The van der Waals surface area contributed by atoms with Gasteiger partial charge in [0.05, 0.1) is 23.5 Å². The van der Waals surface area contributed by atoms with Gasteiger partial charge in [0, 0.05) is 5.69 Å². The van der Waals surface area contributed by atoms with E-state index in [1.54, 1.807) is 28.9 Å². The number of halogens is 2. The zero-order valence-corrected chi connectivity index (χ0v) is 18.6. The molecule has 3 aromatic carbocycles. The minimum Gasteiger partial charge on any atom is -0.487 e.